The van der Waals surface area contributed by atoms with Crippen LogP contribution in [0.15, 0.2) is 23.1 Å². The Hall–Kier alpha value is -1.28. The van der Waals surface area contributed by atoms with Crippen molar-refractivity contribution < 1.29 is 30.5 Å². The zero-order chi connectivity index (χ0) is 15.6. The first-order valence-electron chi connectivity index (χ1n) is 5.87. The van der Waals surface area contributed by atoms with Gasteiger partial charge in [-0.05, 0) is 31.9 Å². The predicted molar refractivity (Wildman–Crippen MR) is 65.9 cm³/mol. The Morgan fingerprint density at radius 1 is 1.25 bits per heavy atom. The number of benzene rings is 1. The standard InChI is InChI=1S/C12H15F3O4S/c1-4-9-6-5-7-10(18-12(13,14)15)11(9)20(16,17)19-8(2)3/h5-8H,4H2,1-3H3. The third-order valence-corrected chi connectivity index (χ3v) is 3.84. The van der Waals surface area contributed by atoms with Gasteiger partial charge in [0.2, 0.25) is 0 Å². The molecule has 0 atom stereocenters. The molecule has 1 aromatic carbocycles. The normalized spacial score (nSPS) is 12.8. The molecule has 1 aromatic rings. The number of ether oxygens (including phenoxy) is 1. The first-order valence-corrected chi connectivity index (χ1v) is 7.28. The summed E-state index contributed by atoms with van der Waals surface area (Å²) in [5.74, 6) is -0.780. The van der Waals surface area contributed by atoms with E-state index in [9.17, 15) is 21.6 Å². The van der Waals surface area contributed by atoms with Crippen LogP contribution in [0.2, 0.25) is 0 Å². The van der Waals surface area contributed by atoms with Crippen molar-refractivity contribution in [3.8, 4) is 5.75 Å². The van der Waals surface area contributed by atoms with E-state index in [1.165, 1.54) is 26.0 Å². The second kappa shape index (κ2) is 6.01. The Bertz CT molecular complexity index is 565. The molecule has 114 valence electrons. The van der Waals surface area contributed by atoms with E-state index in [1.807, 2.05) is 0 Å². The van der Waals surface area contributed by atoms with Gasteiger partial charge in [-0.3, -0.25) is 4.18 Å². The Balaban J connectivity index is 3.41. The van der Waals surface area contributed by atoms with Crippen molar-refractivity contribution in [2.45, 2.75) is 44.6 Å². The molecule has 0 aliphatic rings. The minimum Gasteiger partial charge on any atom is -0.404 e. The summed E-state index contributed by atoms with van der Waals surface area (Å²) in [7, 11) is -4.33. The Kier molecular flexibility index (Phi) is 5.04. The molecule has 0 unspecified atom stereocenters. The number of hydrogen-bond donors (Lipinski definition) is 0. The van der Waals surface area contributed by atoms with Crippen molar-refractivity contribution in [2.24, 2.45) is 0 Å². The molecule has 4 nitrogen and oxygen atoms in total. The molecule has 0 aliphatic carbocycles. The van der Waals surface area contributed by atoms with Gasteiger partial charge in [-0.2, -0.15) is 8.42 Å². The van der Waals surface area contributed by atoms with Crippen molar-refractivity contribution >= 4 is 10.1 Å². The van der Waals surface area contributed by atoms with Gasteiger partial charge >= 0.3 is 16.5 Å². The predicted octanol–water partition coefficient (Wildman–Crippen LogP) is 3.26. The van der Waals surface area contributed by atoms with Crippen LogP contribution < -0.4 is 4.74 Å². The molecule has 20 heavy (non-hydrogen) atoms. The van der Waals surface area contributed by atoms with Gasteiger partial charge in [-0.25, -0.2) is 0 Å². The molecular weight excluding hydrogens is 297 g/mol. The van der Waals surface area contributed by atoms with Crippen molar-refractivity contribution in [1.82, 2.24) is 0 Å². The summed E-state index contributed by atoms with van der Waals surface area (Å²) < 4.78 is 69.7. The maximum Gasteiger partial charge on any atom is 0.573 e. The fourth-order valence-corrected chi connectivity index (χ4v) is 3.12. The van der Waals surface area contributed by atoms with E-state index in [4.69, 9.17) is 4.18 Å². The SMILES string of the molecule is CCc1cccc(OC(F)(F)F)c1S(=O)(=O)OC(C)C. The van der Waals surface area contributed by atoms with Crippen LogP contribution in [0.3, 0.4) is 0 Å². The minimum atomic E-state index is -4.98. The molecule has 0 heterocycles. The molecule has 0 aromatic heterocycles. The number of halogens is 3. The first kappa shape index (κ1) is 16.8. The van der Waals surface area contributed by atoms with E-state index in [2.05, 4.69) is 4.74 Å². The van der Waals surface area contributed by atoms with Crippen LogP contribution in [0.5, 0.6) is 5.75 Å². The summed E-state index contributed by atoms with van der Waals surface area (Å²) in [5, 5.41) is 0. The highest BCUT2D eigenvalue weighted by atomic mass is 32.2. The van der Waals surface area contributed by atoms with Crippen molar-refractivity contribution in [1.29, 1.82) is 0 Å². The average molecular weight is 312 g/mol. The van der Waals surface area contributed by atoms with E-state index in [1.54, 1.807) is 6.92 Å². The molecule has 0 saturated carbocycles. The molecule has 0 aliphatic heterocycles. The third kappa shape index (κ3) is 4.38. The first-order chi connectivity index (χ1) is 9.07. The van der Waals surface area contributed by atoms with Crippen LogP contribution in [0.4, 0.5) is 13.2 Å². The highest BCUT2D eigenvalue weighted by Crippen LogP contribution is 2.33. The smallest absolute Gasteiger partial charge is 0.404 e. The van der Waals surface area contributed by atoms with E-state index < -0.39 is 33.2 Å². The Morgan fingerprint density at radius 3 is 2.30 bits per heavy atom. The number of hydrogen-bond acceptors (Lipinski definition) is 4. The lowest BCUT2D eigenvalue weighted by Gasteiger charge is -2.17. The van der Waals surface area contributed by atoms with Crippen LogP contribution in [0.25, 0.3) is 0 Å². The van der Waals surface area contributed by atoms with Crippen LogP contribution in [-0.2, 0) is 20.7 Å². The molecule has 0 spiro atoms. The lowest BCUT2D eigenvalue weighted by atomic mass is 10.1. The highest BCUT2D eigenvalue weighted by Gasteiger charge is 2.35. The molecule has 0 fully saturated rings. The van der Waals surface area contributed by atoms with E-state index in [0.29, 0.717) is 0 Å². The summed E-state index contributed by atoms with van der Waals surface area (Å²) in [4.78, 5) is -0.575. The van der Waals surface area contributed by atoms with Crippen LogP contribution in [-0.4, -0.2) is 20.9 Å². The zero-order valence-corrected chi connectivity index (χ0v) is 12.0. The van der Waals surface area contributed by atoms with Gasteiger partial charge in [0, 0.05) is 0 Å². The second-order valence-electron chi connectivity index (χ2n) is 4.24. The monoisotopic (exact) mass is 312 g/mol. The topological polar surface area (TPSA) is 52.6 Å². The zero-order valence-electron chi connectivity index (χ0n) is 11.2. The van der Waals surface area contributed by atoms with Crippen molar-refractivity contribution in [2.75, 3.05) is 0 Å². The van der Waals surface area contributed by atoms with Gasteiger partial charge in [0.1, 0.15) is 4.90 Å². The second-order valence-corrected chi connectivity index (χ2v) is 5.75. The maximum absolute atomic E-state index is 12.3. The minimum absolute atomic E-state index is 0.201. The van der Waals surface area contributed by atoms with Gasteiger partial charge in [-0.15, -0.1) is 13.2 Å². The van der Waals surface area contributed by atoms with Crippen LogP contribution >= 0.6 is 0 Å². The molecule has 0 N–H and O–H groups in total. The van der Waals surface area contributed by atoms with E-state index >= 15 is 0 Å². The summed E-state index contributed by atoms with van der Waals surface area (Å²) >= 11 is 0. The Labute approximate surface area is 115 Å². The van der Waals surface area contributed by atoms with E-state index in [0.717, 1.165) is 6.07 Å². The molecule has 1 rings (SSSR count). The fourth-order valence-electron chi connectivity index (χ4n) is 1.63. The average Bonchev–Trinajstić information content (AvgIpc) is 2.24. The lowest BCUT2D eigenvalue weighted by molar-refractivity contribution is -0.275. The summed E-state index contributed by atoms with van der Waals surface area (Å²) in [6.07, 6.45) is -5.44. The molecule has 0 amide bonds. The fraction of sp³-hybridized carbons (Fsp3) is 0.500. The molecule has 0 saturated heterocycles. The molecule has 0 radical (unpaired) electrons. The van der Waals surface area contributed by atoms with Crippen LogP contribution in [0, 0.1) is 0 Å². The van der Waals surface area contributed by atoms with Crippen LogP contribution in [0.1, 0.15) is 26.3 Å². The van der Waals surface area contributed by atoms with Crippen molar-refractivity contribution in [3.63, 3.8) is 0 Å². The quantitative estimate of drug-likeness (QED) is 0.783. The number of alkyl halides is 3. The molecule has 0 bridgehead atoms. The van der Waals surface area contributed by atoms with Gasteiger partial charge in [0.25, 0.3) is 0 Å². The number of aryl methyl sites for hydroxylation is 1. The van der Waals surface area contributed by atoms with Crippen molar-refractivity contribution in [3.05, 3.63) is 23.8 Å². The number of rotatable bonds is 5. The van der Waals surface area contributed by atoms with Gasteiger partial charge in [0.15, 0.2) is 5.75 Å². The highest BCUT2D eigenvalue weighted by molar-refractivity contribution is 7.87. The molecule has 8 heteroatoms. The lowest BCUT2D eigenvalue weighted by Crippen LogP contribution is -2.21. The van der Waals surface area contributed by atoms with Gasteiger partial charge in [0.05, 0.1) is 6.10 Å². The summed E-state index contributed by atoms with van der Waals surface area (Å²) in [6, 6.07) is 3.66. The van der Waals surface area contributed by atoms with E-state index in [-0.39, 0.29) is 12.0 Å². The summed E-state index contributed by atoms with van der Waals surface area (Å²) in [5.41, 5.74) is 0.201. The van der Waals surface area contributed by atoms with Gasteiger partial charge in [-0.1, -0.05) is 19.1 Å². The third-order valence-electron chi connectivity index (χ3n) is 2.24. The maximum atomic E-state index is 12.3. The van der Waals surface area contributed by atoms with Gasteiger partial charge < -0.3 is 4.74 Å². The Morgan fingerprint density at radius 2 is 1.85 bits per heavy atom. The summed E-state index contributed by atoms with van der Waals surface area (Å²) in [6.45, 7) is 4.56. The largest absolute Gasteiger partial charge is 0.573 e. The molecular formula is C12H15F3O4S.